The molecular formula is C9H9ClFO. The van der Waals surface area contributed by atoms with Crippen LogP contribution in [0.2, 0.25) is 5.02 Å². The lowest BCUT2D eigenvalue weighted by Crippen LogP contribution is -2.06. The first-order valence-electron chi connectivity index (χ1n) is 3.63. The highest BCUT2D eigenvalue weighted by Gasteiger charge is 2.05. The minimum Gasteiger partial charge on any atom is -0.488 e. The molecule has 1 aromatic rings. The van der Waals surface area contributed by atoms with Crippen molar-refractivity contribution >= 4 is 11.6 Å². The van der Waals surface area contributed by atoms with Gasteiger partial charge in [-0.1, -0.05) is 11.6 Å². The summed E-state index contributed by atoms with van der Waals surface area (Å²) in [4.78, 5) is 0. The van der Waals surface area contributed by atoms with Crippen LogP contribution in [-0.4, -0.2) is 6.10 Å². The van der Waals surface area contributed by atoms with Crippen LogP contribution in [0.5, 0.6) is 5.75 Å². The van der Waals surface area contributed by atoms with Crippen molar-refractivity contribution < 1.29 is 9.13 Å². The maximum absolute atomic E-state index is 13.0. The maximum Gasteiger partial charge on any atom is 0.166 e. The Hall–Kier alpha value is -0.760. The Morgan fingerprint density at radius 3 is 2.75 bits per heavy atom. The molecule has 0 N–H and O–H groups in total. The van der Waals surface area contributed by atoms with E-state index in [1.807, 2.05) is 13.8 Å². The lowest BCUT2D eigenvalue weighted by molar-refractivity contribution is 0.231. The predicted octanol–water partition coefficient (Wildman–Crippen LogP) is 3.07. The average molecular weight is 188 g/mol. The molecule has 0 saturated carbocycles. The van der Waals surface area contributed by atoms with E-state index >= 15 is 0 Å². The van der Waals surface area contributed by atoms with Gasteiger partial charge in [0.25, 0.3) is 0 Å². The first-order chi connectivity index (χ1) is 5.59. The van der Waals surface area contributed by atoms with Gasteiger partial charge in [-0.05, 0) is 26.0 Å². The third kappa shape index (κ3) is 2.38. The van der Waals surface area contributed by atoms with Gasteiger partial charge in [0, 0.05) is 6.07 Å². The van der Waals surface area contributed by atoms with Gasteiger partial charge in [-0.25, -0.2) is 4.39 Å². The van der Waals surface area contributed by atoms with Gasteiger partial charge < -0.3 is 4.74 Å². The molecule has 0 aromatic heterocycles. The monoisotopic (exact) mass is 187 g/mol. The molecule has 0 heterocycles. The average Bonchev–Trinajstić information content (AvgIpc) is 1.94. The van der Waals surface area contributed by atoms with Crippen LogP contribution >= 0.6 is 11.6 Å². The second-order valence-electron chi connectivity index (χ2n) is 2.66. The van der Waals surface area contributed by atoms with Crippen LogP contribution in [0.4, 0.5) is 4.39 Å². The molecular weight excluding hydrogens is 179 g/mol. The van der Waals surface area contributed by atoms with Crippen molar-refractivity contribution in [3.05, 3.63) is 29.0 Å². The molecule has 0 aliphatic rings. The SMILES string of the molecule is CC(C)Oc1c[c]c(Cl)cc1F. The van der Waals surface area contributed by atoms with Gasteiger partial charge in [-0.2, -0.15) is 0 Å². The van der Waals surface area contributed by atoms with E-state index in [-0.39, 0.29) is 16.9 Å². The molecule has 1 radical (unpaired) electrons. The number of rotatable bonds is 2. The summed E-state index contributed by atoms with van der Waals surface area (Å²) in [5.41, 5.74) is 0. The Morgan fingerprint density at radius 2 is 2.25 bits per heavy atom. The third-order valence-corrected chi connectivity index (χ3v) is 1.41. The first-order valence-corrected chi connectivity index (χ1v) is 4.01. The van der Waals surface area contributed by atoms with Crippen molar-refractivity contribution in [3.8, 4) is 5.75 Å². The van der Waals surface area contributed by atoms with Crippen LogP contribution in [0, 0.1) is 11.9 Å². The molecule has 0 aliphatic heterocycles. The van der Waals surface area contributed by atoms with E-state index in [1.165, 1.54) is 12.1 Å². The van der Waals surface area contributed by atoms with Gasteiger partial charge in [0.15, 0.2) is 11.6 Å². The van der Waals surface area contributed by atoms with Crippen molar-refractivity contribution in [2.45, 2.75) is 20.0 Å². The number of halogens is 2. The maximum atomic E-state index is 13.0. The van der Waals surface area contributed by atoms with Gasteiger partial charge in [0.2, 0.25) is 0 Å². The highest BCUT2D eigenvalue weighted by Crippen LogP contribution is 2.21. The minimum atomic E-state index is -0.451. The summed E-state index contributed by atoms with van der Waals surface area (Å²) < 4.78 is 18.1. The summed E-state index contributed by atoms with van der Waals surface area (Å²) in [5, 5.41) is 0.253. The molecule has 0 atom stereocenters. The van der Waals surface area contributed by atoms with Crippen LogP contribution in [0.1, 0.15) is 13.8 Å². The first kappa shape index (κ1) is 9.33. The van der Waals surface area contributed by atoms with Crippen LogP contribution < -0.4 is 4.74 Å². The zero-order valence-corrected chi connectivity index (χ0v) is 7.65. The highest BCUT2D eigenvalue weighted by atomic mass is 35.5. The fourth-order valence-electron chi connectivity index (χ4n) is 0.772. The fourth-order valence-corrected chi connectivity index (χ4v) is 0.922. The Morgan fingerprint density at radius 1 is 1.58 bits per heavy atom. The van der Waals surface area contributed by atoms with E-state index < -0.39 is 5.82 Å². The molecule has 65 valence electrons. The minimum absolute atomic E-state index is 0.0472. The Kier molecular flexibility index (Phi) is 2.93. The molecule has 1 aromatic carbocycles. The van der Waals surface area contributed by atoms with Gasteiger partial charge >= 0.3 is 0 Å². The van der Waals surface area contributed by atoms with Crippen LogP contribution in [0.25, 0.3) is 0 Å². The summed E-state index contributed by atoms with van der Waals surface area (Å²) in [7, 11) is 0. The summed E-state index contributed by atoms with van der Waals surface area (Å²) in [6.07, 6.45) is -0.0472. The summed E-state index contributed by atoms with van der Waals surface area (Å²) in [6, 6.07) is 5.23. The molecule has 3 heteroatoms. The fraction of sp³-hybridized carbons (Fsp3) is 0.333. The van der Waals surface area contributed by atoms with Gasteiger partial charge in [0.1, 0.15) is 0 Å². The van der Waals surface area contributed by atoms with E-state index in [0.717, 1.165) is 0 Å². The molecule has 0 saturated heterocycles. The van der Waals surface area contributed by atoms with Crippen molar-refractivity contribution in [2.75, 3.05) is 0 Å². The molecule has 0 bridgehead atoms. The lowest BCUT2D eigenvalue weighted by atomic mass is 10.3. The van der Waals surface area contributed by atoms with Gasteiger partial charge in [-0.15, -0.1) is 0 Å². The molecule has 0 amide bonds. The summed E-state index contributed by atoms with van der Waals surface area (Å²) in [5.74, 6) is -0.262. The molecule has 12 heavy (non-hydrogen) atoms. The number of ether oxygens (including phenoxy) is 1. The molecule has 0 aliphatic carbocycles. The molecule has 0 unspecified atom stereocenters. The van der Waals surface area contributed by atoms with Crippen LogP contribution in [-0.2, 0) is 0 Å². The van der Waals surface area contributed by atoms with Crippen molar-refractivity contribution in [1.29, 1.82) is 0 Å². The third-order valence-electron chi connectivity index (χ3n) is 1.19. The Labute approximate surface area is 76.1 Å². The Bertz CT molecular complexity index is 273. The van der Waals surface area contributed by atoms with Crippen molar-refractivity contribution in [1.82, 2.24) is 0 Å². The number of hydrogen-bond donors (Lipinski definition) is 0. The quantitative estimate of drug-likeness (QED) is 0.692. The second kappa shape index (κ2) is 3.76. The van der Waals surface area contributed by atoms with E-state index in [4.69, 9.17) is 16.3 Å². The summed E-state index contributed by atoms with van der Waals surface area (Å²) in [6.45, 7) is 3.65. The lowest BCUT2D eigenvalue weighted by Gasteiger charge is -2.09. The highest BCUT2D eigenvalue weighted by molar-refractivity contribution is 6.30. The number of benzene rings is 1. The van der Waals surface area contributed by atoms with E-state index in [9.17, 15) is 4.39 Å². The molecule has 0 fully saturated rings. The summed E-state index contributed by atoms with van der Waals surface area (Å²) >= 11 is 5.50. The molecule has 1 rings (SSSR count). The van der Waals surface area contributed by atoms with Crippen LogP contribution in [0.3, 0.4) is 0 Å². The van der Waals surface area contributed by atoms with E-state index in [1.54, 1.807) is 0 Å². The van der Waals surface area contributed by atoms with Crippen LogP contribution in [0.15, 0.2) is 12.1 Å². The standard InChI is InChI=1S/C9H9ClFO/c1-6(2)12-9-4-3-7(10)5-8(9)11/h4-6H,1-2H3. The van der Waals surface area contributed by atoms with Gasteiger partial charge in [-0.3, -0.25) is 0 Å². The van der Waals surface area contributed by atoms with Crippen molar-refractivity contribution in [3.63, 3.8) is 0 Å². The number of hydrogen-bond acceptors (Lipinski definition) is 1. The van der Waals surface area contributed by atoms with Gasteiger partial charge in [0.05, 0.1) is 11.1 Å². The smallest absolute Gasteiger partial charge is 0.166 e. The van der Waals surface area contributed by atoms with E-state index in [0.29, 0.717) is 0 Å². The largest absolute Gasteiger partial charge is 0.488 e. The molecule has 0 spiro atoms. The zero-order valence-electron chi connectivity index (χ0n) is 6.90. The molecule has 1 nitrogen and oxygen atoms in total. The van der Waals surface area contributed by atoms with E-state index in [2.05, 4.69) is 6.07 Å². The zero-order chi connectivity index (χ0) is 9.14. The topological polar surface area (TPSA) is 9.23 Å². The second-order valence-corrected chi connectivity index (χ2v) is 3.07. The van der Waals surface area contributed by atoms with Crippen molar-refractivity contribution in [2.24, 2.45) is 0 Å². The normalized spacial score (nSPS) is 10.4. The Balaban J connectivity index is 2.86. The predicted molar refractivity (Wildman–Crippen MR) is 46.0 cm³/mol.